The van der Waals surface area contributed by atoms with E-state index in [1.165, 1.54) is 49.9 Å². The lowest BCUT2D eigenvalue weighted by atomic mass is 10.0. The first kappa shape index (κ1) is 19.3. The summed E-state index contributed by atoms with van der Waals surface area (Å²) in [7, 11) is 0. The Kier molecular flexibility index (Phi) is 9.92. The highest BCUT2D eigenvalue weighted by Gasteiger charge is 2.06. The summed E-state index contributed by atoms with van der Waals surface area (Å²) in [6.07, 6.45) is 9.05. The maximum atomic E-state index is 12.8. The molecule has 0 saturated heterocycles. The maximum absolute atomic E-state index is 12.8. The van der Waals surface area contributed by atoms with E-state index < -0.39 is 0 Å². The zero-order valence-corrected chi connectivity index (χ0v) is 14.1. The number of Topliss-reactive ketones (excluding diaryl/α,β-unsaturated/α-hetero) is 1. The molecule has 128 valence electrons. The number of unbranched alkanes of at least 4 members (excludes halogenated alkanes) is 5. The molecule has 23 heavy (non-hydrogen) atoms. The first-order chi connectivity index (χ1) is 11.1. The van der Waals surface area contributed by atoms with Gasteiger partial charge in [0.05, 0.1) is 0 Å². The smallest absolute Gasteiger partial charge is 0.224 e. The van der Waals surface area contributed by atoms with Gasteiger partial charge in [-0.05, 0) is 37.1 Å². The zero-order chi connectivity index (χ0) is 16.9. The van der Waals surface area contributed by atoms with Crippen molar-refractivity contribution in [3.8, 4) is 0 Å². The van der Waals surface area contributed by atoms with Crippen molar-refractivity contribution in [2.24, 2.45) is 0 Å². The number of hydrogen-bond donors (Lipinski definition) is 1. The second kappa shape index (κ2) is 11.8. The van der Waals surface area contributed by atoms with Gasteiger partial charge in [0, 0.05) is 24.9 Å². The fraction of sp³-hybridized carbons (Fsp3) is 0.579. The van der Waals surface area contributed by atoms with E-state index in [9.17, 15) is 14.0 Å². The monoisotopic (exact) mass is 321 g/mol. The van der Waals surface area contributed by atoms with Gasteiger partial charge < -0.3 is 5.32 Å². The summed E-state index contributed by atoms with van der Waals surface area (Å²) in [6, 6.07) is 5.66. The van der Waals surface area contributed by atoms with E-state index in [1.807, 2.05) is 0 Å². The third-order valence-corrected chi connectivity index (χ3v) is 3.80. The van der Waals surface area contributed by atoms with Crippen LogP contribution < -0.4 is 5.32 Å². The maximum Gasteiger partial charge on any atom is 0.224 e. The van der Waals surface area contributed by atoms with Crippen LogP contribution in [-0.2, 0) is 9.59 Å². The minimum atomic E-state index is -0.330. The quantitative estimate of drug-likeness (QED) is 0.534. The van der Waals surface area contributed by atoms with Crippen molar-refractivity contribution >= 4 is 17.4 Å². The molecule has 1 amide bonds. The second-order valence-electron chi connectivity index (χ2n) is 5.97. The highest BCUT2D eigenvalue weighted by Crippen LogP contribution is 2.11. The van der Waals surface area contributed by atoms with Crippen LogP contribution in [0.3, 0.4) is 0 Å². The molecule has 0 aromatic heterocycles. The van der Waals surface area contributed by atoms with Gasteiger partial charge in [0.25, 0.3) is 0 Å². The van der Waals surface area contributed by atoms with Gasteiger partial charge in [0.1, 0.15) is 11.6 Å². The molecule has 0 aliphatic rings. The Morgan fingerprint density at radius 3 is 2.17 bits per heavy atom. The van der Waals surface area contributed by atoms with Crippen LogP contribution in [0.15, 0.2) is 24.3 Å². The van der Waals surface area contributed by atoms with Crippen LogP contribution in [-0.4, -0.2) is 11.7 Å². The zero-order valence-electron chi connectivity index (χ0n) is 14.1. The molecule has 0 fully saturated rings. The number of nitrogens with one attached hydrogen (secondary N) is 1. The molecular formula is C19H28FNO2. The van der Waals surface area contributed by atoms with E-state index in [1.54, 1.807) is 0 Å². The summed E-state index contributed by atoms with van der Waals surface area (Å²) in [5.41, 5.74) is 0.579. The Hall–Kier alpha value is -1.71. The van der Waals surface area contributed by atoms with Crippen molar-refractivity contribution < 1.29 is 14.0 Å². The van der Waals surface area contributed by atoms with Gasteiger partial charge in [-0.3, -0.25) is 9.59 Å². The number of amides is 1. The van der Waals surface area contributed by atoms with E-state index in [0.29, 0.717) is 31.4 Å². The van der Waals surface area contributed by atoms with Gasteiger partial charge in [-0.25, -0.2) is 4.39 Å². The van der Waals surface area contributed by atoms with Gasteiger partial charge in [-0.15, -0.1) is 0 Å². The molecule has 0 atom stereocenters. The number of ketones is 1. The van der Waals surface area contributed by atoms with E-state index in [-0.39, 0.29) is 17.5 Å². The number of rotatable bonds is 12. The number of anilines is 1. The van der Waals surface area contributed by atoms with Crippen molar-refractivity contribution in [3.05, 3.63) is 30.1 Å². The van der Waals surface area contributed by atoms with Gasteiger partial charge in [0.2, 0.25) is 5.91 Å². The topological polar surface area (TPSA) is 46.2 Å². The van der Waals surface area contributed by atoms with E-state index >= 15 is 0 Å². The molecule has 4 heteroatoms. The van der Waals surface area contributed by atoms with Crippen LogP contribution in [0.25, 0.3) is 0 Å². The normalized spacial score (nSPS) is 10.5. The Labute approximate surface area is 138 Å². The van der Waals surface area contributed by atoms with Crippen molar-refractivity contribution in [1.29, 1.82) is 0 Å². The molecule has 1 aromatic rings. The molecule has 0 bridgehead atoms. The molecule has 0 unspecified atom stereocenters. The summed E-state index contributed by atoms with van der Waals surface area (Å²) >= 11 is 0. The first-order valence-electron chi connectivity index (χ1n) is 8.69. The van der Waals surface area contributed by atoms with E-state index in [2.05, 4.69) is 12.2 Å². The second-order valence-corrected chi connectivity index (χ2v) is 5.97. The van der Waals surface area contributed by atoms with Crippen LogP contribution >= 0.6 is 0 Å². The summed E-state index contributed by atoms with van der Waals surface area (Å²) in [5, 5.41) is 2.70. The van der Waals surface area contributed by atoms with E-state index in [4.69, 9.17) is 0 Å². The minimum Gasteiger partial charge on any atom is -0.326 e. The molecule has 0 spiro atoms. The molecule has 3 nitrogen and oxygen atoms in total. The van der Waals surface area contributed by atoms with Crippen LogP contribution in [0.5, 0.6) is 0 Å². The Morgan fingerprint density at radius 2 is 1.48 bits per heavy atom. The molecule has 1 rings (SSSR count). The number of carbonyl (C=O) groups is 2. The molecule has 0 aliphatic carbocycles. The summed E-state index contributed by atoms with van der Waals surface area (Å²) in [5.74, 6) is -0.220. The van der Waals surface area contributed by atoms with Gasteiger partial charge in [-0.1, -0.05) is 39.0 Å². The molecule has 1 aromatic carbocycles. The first-order valence-corrected chi connectivity index (χ1v) is 8.69. The molecule has 0 saturated carbocycles. The molecule has 0 aliphatic heterocycles. The lowest BCUT2D eigenvalue weighted by Crippen LogP contribution is -2.11. The molecular weight excluding hydrogens is 293 g/mol. The summed E-state index contributed by atoms with van der Waals surface area (Å²) < 4.78 is 12.8. The standard InChI is InChI=1S/C19H28FNO2/c1-2-3-4-5-6-7-9-18(22)10-8-11-19(23)21-17-14-12-16(20)13-15-17/h12-15H,2-11H2,1H3,(H,21,23). The highest BCUT2D eigenvalue weighted by atomic mass is 19.1. The molecule has 1 N–H and O–H groups in total. The lowest BCUT2D eigenvalue weighted by Gasteiger charge is -2.05. The number of hydrogen-bond acceptors (Lipinski definition) is 2. The van der Waals surface area contributed by atoms with Crippen molar-refractivity contribution in [2.45, 2.75) is 71.1 Å². The Bertz CT molecular complexity index is 471. The number of halogens is 1. The molecule has 0 heterocycles. The SMILES string of the molecule is CCCCCCCCC(=O)CCCC(=O)Nc1ccc(F)cc1. The van der Waals surface area contributed by atoms with Crippen LogP contribution in [0.4, 0.5) is 10.1 Å². The van der Waals surface area contributed by atoms with Crippen LogP contribution in [0.1, 0.15) is 71.1 Å². The van der Waals surface area contributed by atoms with Crippen molar-refractivity contribution in [1.82, 2.24) is 0 Å². The Balaban J connectivity index is 2.05. The summed E-state index contributed by atoms with van der Waals surface area (Å²) in [6.45, 7) is 2.19. The third-order valence-electron chi connectivity index (χ3n) is 3.80. The average molecular weight is 321 g/mol. The molecule has 0 radical (unpaired) electrons. The third kappa shape index (κ3) is 9.82. The van der Waals surface area contributed by atoms with Crippen molar-refractivity contribution in [3.63, 3.8) is 0 Å². The highest BCUT2D eigenvalue weighted by molar-refractivity contribution is 5.91. The van der Waals surface area contributed by atoms with Crippen LogP contribution in [0, 0.1) is 5.82 Å². The summed E-state index contributed by atoms with van der Waals surface area (Å²) in [4.78, 5) is 23.5. The predicted molar refractivity (Wildman–Crippen MR) is 91.9 cm³/mol. The number of carbonyl (C=O) groups excluding carboxylic acids is 2. The van der Waals surface area contributed by atoms with E-state index in [0.717, 1.165) is 12.8 Å². The van der Waals surface area contributed by atoms with Gasteiger partial charge in [-0.2, -0.15) is 0 Å². The number of benzene rings is 1. The van der Waals surface area contributed by atoms with Crippen LogP contribution in [0.2, 0.25) is 0 Å². The van der Waals surface area contributed by atoms with Gasteiger partial charge >= 0.3 is 0 Å². The average Bonchev–Trinajstić information content (AvgIpc) is 2.53. The largest absolute Gasteiger partial charge is 0.326 e. The fourth-order valence-electron chi connectivity index (χ4n) is 2.43. The van der Waals surface area contributed by atoms with Crippen molar-refractivity contribution in [2.75, 3.05) is 5.32 Å². The predicted octanol–water partition coefficient (Wildman–Crippen LogP) is 5.25. The lowest BCUT2D eigenvalue weighted by molar-refractivity contribution is -0.119. The minimum absolute atomic E-state index is 0.135. The van der Waals surface area contributed by atoms with Gasteiger partial charge in [0.15, 0.2) is 0 Å². The Morgan fingerprint density at radius 1 is 0.870 bits per heavy atom. The fourth-order valence-corrected chi connectivity index (χ4v) is 2.43.